The van der Waals surface area contributed by atoms with Gasteiger partial charge in [0.05, 0.1) is 5.69 Å². The Morgan fingerprint density at radius 1 is 0.861 bits per heavy atom. The summed E-state index contributed by atoms with van der Waals surface area (Å²) < 4.78 is 0. The molecule has 0 unspecified atom stereocenters. The van der Waals surface area contributed by atoms with Gasteiger partial charge in [-0.05, 0) is 66.9 Å². The largest absolute Gasteiger partial charge is 0.358 e. The fraction of sp³-hybridized carbons (Fsp3) is 0.167. The first kappa shape index (κ1) is 23.3. The van der Waals surface area contributed by atoms with Gasteiger partial charge in [-0.2, -0.15) is 0 Å². The highest BCUT2D eigenvalue weighted by molar-refractivity contribution is 6.10. The van der Waals surface area contributed by atoms with E-state index in [1.807, 2.05) is 74.6 Å². The molecule has 0 saturated carbocycles. The van der Waals surface area contributed by atoms with Crippen molar-refractivity contribution in [2.75, 3.05) is 35.3 Å². The minimum absolute atomic E-state index is 0.0813. The molecule has 1 aliphatic heterocycles. The highest BCUT2D eigenvalue weighted by Crippen LogP contribution is 2.30. The summed E-state index contributed by atoms with van der Waals surface area (Å²) in [5.41, 5.74) is 5.64. The molecule has 180 valence electrons. The van der Waals surface area contributed by atoms with Crippen LogP contribution in [0, 0.1) is 6.92 Å². The van der Waals surface area contributed by atoms with E-state index in [0.717, 1.165) is 35.6 Å². The number of anilines is 3. The lowest BCUT2D eigenvalue weighted by atomic mass is 9.98. The van der Waals surface area contributed by atoms with Gasteiger partial charge in [0, 0.05) is 43.1 Å². The van der Waals surface area contributed by atoms with Crippen LogP contribution in [0.15, 0.2) is 91.1 Å². The lowest BCUT2D eigenvalue weighted by Crippen LogP contribution is -2.31. The van der Waals surface area contributed by atoms with Crippen molar-refractivity contribution in [3.8, 4) is 11.1 Å². The number of hydrogen-bond acceptors (Lipinski definition) is 4. The summed E-state index contributed by atoms with van der Waals surface area (Å²) in [7, 11) is 1.99. The first-order valence-electron chi connectivity index (χ1n) is 12.1. The third-order valence-electron chi connectivity index (χ3n) is 6.46. The number of pyridine rings is 1. The SMILES string of the molecule is Cc1ccc(-c2ccccc2C(=O)Nc2ccc(C(=O)N3CCCN(C)c4ncccc43)cc2)cc1. The average molecular weight is 477 g/mol. The maximum absolute atomic E-state index is 13.4. The number of nitrogens with one attached hydrogen (secondary N) is 1. The molecular weight excluding hydrogens is 448 g/mol. The van der Waals surface area contributed by atoms with Crippen molar-refractivity contribution in [2.45, 2.75) is 13.3 Å². The van der Waals surface area contributed by atoms with E-state index in [9.17, 15) is 9.59 Å². The van der Waals surface area contributed by atoms with Crippen LogP contribution in [0.1, 0.15) is 32.7 Å². The number of aryl methyl sites for hydroxylation is 1. The van der Waals surface area contributed by atoms with E-state index in [0.29, 0.717) is 23.4 Å². The van der Waals surface area contributed by atoms with Crippen molar-refractivity contribution in [1.82, 2.24) is 4.98 Å². The lowest BCUT2D eigenvalue weighted by molar-refractivity contribution is 0.0986. The van der Waals surface area contributed by atoms with Gasteiger partial charge < -0.3 is 15.1 Å². The van der Waals surface area contributed by atoms with Crippen LogP contribution in [0.3, 0.4) is 0 Å². The highest BCUT2D eigenvalue weighted by Gasteiger charge is 2.25. The maximum atomic E-state index is 13.4. The fourth-order valence-corrected chi connectivity index (χ4v) is 4.51. The highest BCUT2D eigenvalue weighted by atomic mass is 16.2. The number of fused-ring (bicyclic) bond motifs is 1. The molecule has 0 aliphatic carbocycles. The topological polar surface area (TPSA) is 65.5 Å². The fourth-order valence-electron chi connectivity index (χ4n) is 4.51. The van der Waals surface area contributed by atoms with E-state index < -0.39 is 0 Å². The molecular formula is C30H28N4O2. The molecule has 5 rings (SSSR count). The van der Waals surface area contributed by atoms with Crippen LogP contribution in [0.2, 0.25) is 0 Å². The number of benzene rings is 3. The number of nitrogens with zero attached hydrogens (tertiary/aromatic N) is 3. The second-order valence-electron chi connectivity index (χ2n) is 9.02. The molecule has 0 atom stereocenters. The molecule has 1 N–H and O–H groups in total. The van der Waals surface area contributed by atoms with Gasteiger partial charge in [-0.25, -0.2) is 4.98 Å². The molecule has 0 saturated heterocycles. The molecule has 3 aromatic carbocycles. The van der Waals surface area contributed by atoms with Gasteiger partial charge in [-0.15, -0.1) is 0 Å². The number of aromatic nitrogens is 1. The molecule has 4 aromatic rings. The number of hydrogen-bond donors (Lipinski definition) is 1. The van der Waals surface area contributed by atoms with Crippen molar-refractivity contribution >= 4 is 29.0 Å². The third kappa shape index (κ3) is 4.70. The van der Waals surface area contributed by atoms with Gasteiger partial charge in [0.1, 0.15) is 0 Å². The average Bonchev–Trinajstić information content (AvgIpc) is 3.08. The summed E-state index contributed by atoms with van der Waals surface area (Å²) >= 11 is 0. The summed E-state index contributed by atoms with van der Waals surface area (Å²) in [6.07, 6.45) is 2.60. The summed E-state index contributed by atoms with van der Waals surface area (Å²) in [5, 5.41) is 2.98. The zero-order valence-electron chi connectivity index (χ0n) is 20.4. The molecule has 1 aromatic heterocycles. The molecule has 0 fully saturated rings. The molecule has 6 heteroatoms. The van der Waals surface area contributed by atoms with Crippen LogP contribution < -0.4 is 15.1 Å². The van der Waals surface area contributed by atoms with E-state index in [1.165, 1.54) is 5.56 Å². The molecule has 36 heavy (non-hydrogen) atoms. The van der Waals surface area contributed by atoms with Crippen molar-refractivity contribution in [3.05, 3.63) is 108 Å². The Morgan fingerprint density at radius 3 is 2.39 bits per heavy atom. The van der Waals surface area contributed by atoms with Crippen LogP contribution in [0.5, 0.6) is 0 Å². The number of rotatable bonds is 4. The van der Waals surface area contributed by atoms with Crippen LogP contribution in [-0.4, -0.2) is 36.9 Å². The molecule has 2 amide bonds. The maximum Gasteiger partial charge on any atom is 0.258 e. The Hall–Kier alpha value is -4.45. The van der Waals surface area contributed by atoms with Crippen LogP contribution in [-0.2, 0) is 0 Å². The van der Waals surface area contributed by atoms with Crippen LogP contribution in [0.4, 0.5) is 17.2 Å². The van der Waals surface area contributed by atoms with E-state index in [4.69, 9.17) is 0 Å². The Labute approximate surface area is 211 Å². The Balaban J connectivity index is 1.34. The predicted molar refractivity (Wildman–Crippen MR) is 145 cm³/mol. The monoisotopic (exact) mass is 476 g/mol. The van der Waals surface area contributed by atoms with Crippen molar-refractivity contribution in [3.63, 3.8) is 0 Å². The number of carbonyl (C=O) groups excluding carboxylic acids is 2. The normalized spacial score (nSPS) is 13.1. The summed E-state index contributed by atoms with van der Waals surface area (Å²) in [6.45, 7) is 3.50. The van der Waals surface area contributed by atoms with Gasteiger partial charge in [-0.1, -0.05) is 48.0 Å². The molecule has 2 heterocycles. The number of carbonyl (C=O) groups is 2. The van der Waals surface area contributed by atoms with Crippen molar-refractivity contribution in [1.29, 1.82) is 0 Å². The second kappa shape index (κ2) is 10.0. The van der Waals surface area contributed by atoms with Gasteiger partial charge in [0.15, 0.2) is 5.82 Å². The third-order valence-corrected chi connectivity index (χ3v) is 6.46. The Kier molecular flexibility index (Phi) is 6.50. The van der Waals surface area contributed by atoms with E-state index in [2.05, 4.69) is 15.2 Å². The molecule has 0 bridgehead atoms. The Morgan fingerprint density at radius 2 is 1.61 bits per heavy atom. The predicted octanol–water partition coefficient (Wildman–Crippen LogP) is 5.80. The number of amides is 2. The smallest absolute Gasteiger partial charge is 0.258 e. The van der Waals surface area contributed by atoms with Crippen molar-refractivity contribution in [2.24, 2.45) is 0 Å². The van der Waals surface area contributed by atoms with Crippen LogP contribution >= 0.6 is 0 Å². The zero-order valence-corrected chi connectivity index (χ0v) is 20.4. The van der Waals surface area contributed by atoms with E-state index >= 15 is 0 Å². The minimum Gasteiger partial charge on any atom is -0.358 e. The Bertz CT molecular complexity index is 1400. The van der Waals surface area contributed by atoms with Gasteiger partial charge in [0.25, 0.3) is 11.8 Å². The minimum atomic E-state index is -0.194. The standard InChI is InChI=1S/C30H28N4O2/c1-21-10-12-22(13-11-21)25-7-3-4-8-26(25)29(35)32-24-16-14-23(15-17-24)30(36)34-20-6-19-33(2)28-27(34)9-5-18-31-28/h3-5,7-18H,6,19-20H2,1-2H3,(H,32,35). The first-order valence-corrected chi connectivity index (χ1v) is 12.1. The molecule has 6 nitrogen and oxygen atoms in total. The van der Waals surface area contributed by atoms with Crippen LogP contribution in [0.25, 0.3) is 11.1 Å². The summed E-state index contributed by atoms with van der Waals surface area (Å²) in [4.78, 5) is 34.9. The second-order valence-corrected chi connectivity index (χ2v) is 9.02. The summed E-state index contributed by atoms with van der Waals surface area (Å²) in [5.74, 6) is 0.530. The van der Waals surface area contributed by atoms with Crippen molar-refractivity contribution < 1.29 is 9.59 Å². The molecule has 1 aliphatic rings. The van der Waals surface area contributed by atoms with E-state index in [1.54, 1.807) is 35.4 Å². The summed E-state index contributed by atoms with van der Waals surface area (Å²) in [6, 6.07) is 26.5. The quantitative estimate of drug-likeness (QED) is 0.405. The zero-order chi connectivity index (χ0) is 25.1. The van der Waals surface area contributed by atoms with E-state index in [-0.39, 0.29) is 11.8 Å². The van der Waals surface area contributed by atoms with Gasteiger partial charge in [-0.3, -0.25) is 9.59 Å². The van der Waals surface area contributed by atoms with Gasteiger partial charge >= 0.3 is 0 Å². The van der Waals surface area contributed by atoms with Gasteiger partial charge in [0.2, 0.25) is 0 Å². The first-order chi connectivity index (χ1) is 17.5. The molecule has 0 radical (unpaired) electrons. The molecule has 0 spiro atoms. The lowest BCUT2D eigenvalue weighted by Gasteiger charge is -2.23.